The Bertz CT molecular complexity index is 753. The average molecular weight is 443 g/mol. The monoisotopic (exact) mass is 442 g/mol. The minimum atomic E-state index is -0.647. The number of nitrogens with one attached hydrogen (secondary N) is 2. The lowest BCUT2D eigenvalue weighted by Gasteiger charge is -2.31. The zero-order chi connectivity index (χ0) is 24.4. The molecule has 0 fully saturated rings. The maximum atomic E-state index is 12.6. The second kappa shape index (κ2) is 12.1. The van der Waals surface area contributed by atoms with Crippen LogP contribution in [-0.4, -0.2) is 23.4 Å². The number of alkyl carbamates (subject to hydrolysis) is 2. The van der Waals surface area contributed by atoms with E-state index >= 15 is 0 Å². The van der Waals surface area contributed by atoms with Crippen molar-refractivity contribution in [1.29, 1.82) is 0 Å². The van der Waals surface area contributed by atoms with E-state index in [9.17, 15) is 9.59 Å². The summed E-state index contributed by atoms with van der Waals surface area (Å²) in [5.41, 5.74) is 0.361. The second-order valence-corrected chi connectivity index (χ2v) is 9.07. The Balaban J connectivity index is 0.00000249. The third kappa shape index (κ3) is 9.86. The molecule has 0 aliphatic rings. The van der Waals surface area contributed by atoms with Gasteiger partial charge in [-0.05, 0) is 52.7 Å². The van der Waals surface area contributed by atoms with Gasteiger partial charge in [0.15, 0.2) is 0 Å². The topological polar surface area (TPSA) is 76.7 Å². The Morgan fingerprint density at radius 2 is 0.906 bits per heavy atom. The highest BCUT2D eigenvalue weighted by molar-refractivity contribution is 5.70. The summed E-state index contributed by atoms with van der Waals surface area (Å²) in [6, 6.07) is 17.8. The first-order valence-electron chi connectivity index (χ1n) is 11.0. The molecule has 32 heavy (non-hydrogen) atoms. The maximum absolute atomic E-state index is 12.6. The molecule has 0 spiro atoms. The molecular weight excluding hydrogens is 404 g/mol. The second-order valence-electron chi connectivity index (χ2n) is 9.07. The van der Waals surface area contributed by atoms with Gasteiger partial charge < -0.3 is 20.1 Å². The normalized spacial score (nSPS) is 13.0. The van der Waals surface area contributed by atoms with E-state index in [-0.39, 0.29) is 0 Å². The molecule has 6 nitrogen and oxygen atoms in total. The highest BCUT2D eigenvalue weighted by atomic mass is 16.6. The first-order valence-corrected chi connectivity index (χ1v) is 11.0. The first-order chi connectivity index (χ1) is 14.9. The number of carbonyl (C=O) groups is 2. The minimum absolute atomic E-state index is 0.566. The predicted octanol–water partition coefficient (Wildman–Crippen LogP) is 6.54. The maximum Gasteiger partial charge on any atom is 0.408 e. The first kappa shape index (κ1) is 27.0. The third-order valence-electron chi connectivity index (χ3n) is 4.00. The molecule has 2 rings (SSSR count). The van der Waals surface area contributed by atoms with E-state index < -0.39 is 35.5 Å². The van der Waals surface area contributed by atoms with E-state index in [0.717, 1.165) is 11.1 Å². The molecule has 2 aromatic carbocycles. The lowest BCUT2D eigenvalue weighted by molar-refractivity contribution is 0.0427. The van der Waals surface area contributed by atoms with Crippen LogP contribution >= 0.6 is 0 Å². The smallest absolute Gasteiger partial charge is 0.408 e. The van der Waals surface area contributed by atoms with Crippen molar-refractivity contribution in [2.45, 2.75) is 78.7 Å². The van der Waals surface area contributed by atoms with E-state index in [1.807, 2.05) is 74.5 Å². The summed E-state index contributed by atoms with van der Waals surface area (Å²) in [6.07, 6.45) is -1.13. The van der Waals surface area contributed by atoms with Crippen LogP contribution < -0.4 is 10.6 Å². The van der Waals surface area contributed by atoms with Crippen molar-refractivity contribution in [1.82, 2.24) is 10.6 Å². The standard InChI is InChI=1S/C24H32N2O4.C2H6/c1-23(2,3)29-21(27)25-19(17-13-9-7-10-14-17)20(18-15-11-8-12-16-18)26-22(28)30-24(4,5)6;1-2/h7-16,19-20H,1-6H3,(H,25,27)(H,26,28);1-2H3/t19-,20-;/m1./s1. The van der Waals surface area contributed by atoms with Crippen molar-refractivity contribution in [3.63, 3.8) is 0 Å². The van der Waals surface area contributed by atoms with Crippen molar-refractivity contribution < 1.29 is 19.1 Å². The van der Waals surface area contributed by atoms with Crippen LogP contribution in [0.5, 0.6) is 0 Å². The third-order valence-corrected chi connectivity index (χ3v) is 4.00. The van der Waals surface area contributed by atoms with Crippen molar-refractivity contribution in [2.24, 2.45) is 0 Å². The van der Waals surface area contributed by atoms with Gasteiger partial charge in [-0.15, -0.1) is 0 Å². The number of carbonyl (C=O) groups excluding carboxylic acids is 2. The summed E-state index contributed by atoms with van der Waals surface area (Å²) in [5, 5.41) is 5.85. The lowest BCUT2D eigenvalue weighted by Crippen LogP contribution is -2.44. The summed E-state index contributed by atoms with van der Waals surface area (Å²) in [7, 11) is 0. The summed E-state index contributed by atoms with van der Waals surface area (Å²) < 4.78 is 10.9. The van der Waals surface area contributed by atoms with Gasteiger partial charge in [0, 0.05) is 0 Å². The van der Waals surface area contributed by atoms with Gasteiger partial charge in [0.2, 0.25) is 0 Å². The molecule has 0 radical (unpaired) electrons. The summed E-state index contributed by atoms with van der Waals surface area (Å²) in [5.74, 6) is 0. The molecule has 0 aliphatic carbocycles. The fourth-order valence-electron chi connectivity index (χ4n) is 2.91. The highest BCUT2D eigenvalue weighted by Gasteiger charge is 2.31. The van der Waals surface area contributed by atoms with Crippen LogP contribution in [0.15, 0.2) is 60.7 Å². The van der Waals surface area contributed by atoms with E-state index in [0.29, 0.717) is 0 Å². The van der Waals surface area contributed by atoms with Gasteiger partial charge in [0.05, 0.1) is 12.1 Å². The number of benzene rings is 2. The minimum Gasteiger partial charge on any atom is -0.444 e. The Morgan fingerprint density at radius 3 is 1.16 bits per heavy atom. The van der Waals surface area contributed by atoms with Crippen LogP contribution in [-0.2, 0) is 9.47 Å². The van der Waals surface area contributed by atoms with Gasteiger partial charge >= 0.3 is 12.2 Å². The molecule has 176 valence electrons. The molecule has 2 aromatic rings. The van der Waals surface area contributed by atoms with Crippen LogP contribution in [0.2, 0.25) is 0 Å². The van der Waals surface area contributed by atoms with Crippen molar-refractivity contribution in [3.05, 3.63) is 71.8 Å². The molecule has 0 unspecified atom stereocenters. The SMILES string of the molecule is CC.CC(C)(C)OC(=O)N[C@H](c1ccccc1)[C@H](NC(=O)OC(C)(C)C)c1ccccc1. The molecule has 2 atom stereocenters. The molecule has 2 N–H and O–H groups in total. The Hall–Kier alpha value is -3.02. The van der Waals surface area contributed by atoms with Crippen molar-refractivity contribution >= 4 is 12.2 Å². The Kier molecular flexibility index (Phi) is 10.2. The van der Waals surface area contributed by atoms with E-state index in [1.165, 1.54) is 0 Å². The summed E-state index contributed by atoms with van der Waals surface area (Å²) >= 11 is 0. The van der Waals surface area contributed by atoms with Crippen LogP contribution in [0.3, 0.4) is 0 Å². The number of amides is 2. The number of hydrogen-bond acceptors (Lipinski definition) is 4. The summed E-state index contributed by atoms with van der Waals surface area (Å²) in [6.45, 7) is 14.8. The van der Waals surface area contributed by atoms with Crippen molar-refractivity contribution in [2.75, 3.05) is 0 Å². The molecule has 6 heteroatoms. The van der Waals surface area contributed by atoms with E-state index in [1.54, 1.807) is 41.5 Å². The van der Waals surface area contributed by atoms with E-state index in [2.05, 4.69) is 10.6 Å². The molecule has 0 bridgehead atoms. The largest absolute Gasteiger partial charge is 0.444 e. The molecule has 2 amide bonds. The number of rotatable bonds is 5. The Labute approximate surface area is 192 Å². The van der Waals surface area contributed by atoms with Crippen LogP contribution in [0.25, 0.3) is 0 Å². The predicted molar refractivity (Wildman–Crippen MR) is 128 cm³/mol. The van der Waals surface area contributed by atoms with Crippen molar-refractivity contribution in [3.8, 4) is 0 Å². The quantitative estimate of drug-likeness (QED) is 0.551. The molecule has 0 saturated heterocycles. The Morgan fingerprint density at radius 1 is 0.625 bits per heavy atom. The fraction of sp³-hybridized carbons (Fsp3) is 0.462. The lowest BCUT2D eigenvalue weighted by atomic mass is 9.93. The molecular formula is C26H38N2O4. The summed E-state index contributed by atoms with van der Waals surface area (Å²) in [4.78, 5) is 25.2. The van der Waals surface area contributed by atoms with Gasteiger partial charge in [-0.25, -0.2) is 9.59 Å². The zero-order valence-corrected chi connectivity index (χ0v) is 20.6. The highest BCUT2D eigenvalue weighted by Crippen LogP contribution is 2.30. The van der Waals surface area contributed by atoms with Crippen LogP contribution in [0, 0.1) is 0 Å². The van der Waals surface area contributed by atoms with Gasteiger partial charge in [-0.3, -0.25) is 0 Å². The molecule has 0 heterocycles. The molecule has 0 aromatic heterocycles. The van der Waals surface area contributed by atoms with Gasteiger partial charge in [0.1, 0.15) is 11.2 Å². The van der Waals surface area contributed by atoms with E-state index in [4.69, 9.17) is 9.47 Å². The van der Waals surface area contributed by atoms with Gasteiger partial charge in [-0.2, -0.15) is 0 Å². The van der Waals surface area contributed by atoms with Gasteiger partial charge in [-0.1, -0.05) is 74.5 Å². The average Bonchev–Trinajstić information content (AvgIpc) is 2.71. The molecule has 0 aliphatic heterocycles. The zero-order valence-electron chi connectivity index (χ0n) is 20.6. The van der Waals surface area contributed by atoms with Gasteiger partial charge in [0.25, 0.3) is 0 Å². The fourth-order valence-corrected chi connectivity index (χ4v) is 2.91. The number of hydrogen-bond donors (Lipinski definition) is 2. The number of ether oxygens (including phenoxy) is 2. The molecule has 0 saturated carbocycles. The van der Waals surface area contributed by atoms with Crippen LogP contribution in [0.4, 0.5) is 9.59 Å². The van der Waals surface area contributed by atoms with Crippen LogP contribution in [0.1, 0.15) is 78.6 Å².